The van der Waals surface area contributed by atoms with E-state index in [1.807, 2.05) is 0 Å². The minimum Gasteiger partial charge on any atom is -0.462 e. The van der Waals surface area contributed by atoms with E-state index in [-0.39, 0.29) is 6.42 Å². The van der Waals surface area contributed by atoms with Crippen LogP contribution in [-0.2, 0) is 20.7 Å². The van der Waals surface area contributed by atoms with Crippen molar-refractivity contribution in [1.82, 2.24) is 10.2 Å². The van der Waals surface area contributed by atoms with Gasteiger partial charge in [-0.25, -0.2) is 14.4 Å². The van der Waals surface area contributed by atoms with E-state index in [0.717, 1.165) is 5.56 Å². The molecule has 1 atom stereocenters. The zero-order valence-electron chi connectivity index (χ0n) is 14.2. The molecule has 3 N–H and O–H groups in total. The van der Waals surface area contributed by atoms with Crippen LogP contribution < -0.4 is 11.1 Å². The van der Waals surface area contributed by atoms with Gasteiger partial charge in [0.15, 0.2) is 0 Å². The van der Waals surface area contributed by atoms with Crippen molar-refractivity contribution in [2.75, 3.05) is 32.8 Å². The average Bonchev–Trinajstić information content (AvgIpc) is 2.63. The third kappa shape index (κ3) is 5.54. The van der Waals surface area contributed by atoms with Gasteiger partial charge in [-0.2, -0.15) is 0 Å². The zero-order valence-corrected chi connectivity index (χ0v) is 14.2. The lowest BCUT2D eigenvalue weighted by atomic mass is 10.0. The van der Waals surface area contributed by atoms with Crippen LogP contribution in [0, 0.1) is 0 Å². The van der Waals surface area contributed by atoms with Crippen LogP contribution in [0.1, 0.15) is 22.8 Å². The van der Waals surface area contributed by atoms with E-state index in [1.165, 1.54) is 4.90 Å². The molecule has 1 unspecified atom stereocenters. The number of nitrogens with one attached hydrogen (secondary N) is 1. The lowest BCUT2D eigenvalue weighted by Gasteiger charge is -2.26. The minimum absolute atomic E-state index is 0.205. The summed E-state index contributed by atoms with van der Waals surface area (Å²) in [5, 5.41) is 3.11. The Bertz CT molecular complexity index is 611. The molecule has 0 aliphatic carbocycles. The van der Waals surface area contributed by atoms with Gasteiger partial charge in [0.2, 0.25) is 0 Å². The second kappa shape index (κ2) is 9.14. The number of benzene rings is 1. The summed E-state index contributed by atoms with van der Waals surface area (Å²) in [6.07, 6.45) is -0.462. The summed E-state index contributed by atoms with van der Waals surface area (Å²) in [7, 11) is 0. The van der Waals surface area contributed by atoms with Crippen LogP contribution in [0.25, 0.3) is 0 Å². The number of ether oxygens (including phenoxy) is 2. The summed E-state index contributed by atoms with van der Waals surface area (Å²) >= 11 is 0. The molecule has 136 valence electrons. The Morgan fingerprint density at radius 1 is 1.20 bits per heavy atom. The number of piperazine rings is 1. The molecule has 2 rings (SSSR count). The second-order valence-corrected chi connectivity index (χ2v) is 5.65. The molecule has 1 amide bonds. The number of nitrogens with two attached hydrogens (primary N) is 1. The predicted octanol–water partition coefficient (Wildman–Crippen LogP) is 0.302. The number of rotatable bonds is 5. The Morgan fingerprint density at radius 3 is 2.44 bits per heavy atom. The maximum atomic E-state index is 12.0. The minimum atomic E-state index is -0.958. The standard InChI is InChI=1S/C17H23N3O5/c1-2-24-15(21)13-5-3-12(4-6-13)11-14(18)16(22)25-17(23)20-9-7-19-8-10-20/h3-6,14,19H,2,7-11,18H2,1H3. The molecule has 8 nitrogen and oxygen atoms in total. The van der Waals surface area contributed by atoms with Crippen molar-refractivity contribution < 1.29 is 23.9 Å². The molecule has 0 aromatic heterocycles. The SMILES string of the molecule is CCOC(=O)c1ccc(CC(N)C(=O)OC(=O)N2CCNCC2)cc1. The third-order valence-corrected chi connectivity index (χ3v) is 3.79. The molecule has 1 heterocycles. The first-order valence-corrected chi connectivity index (χ1v) is 8.24. The first-order valence-electron chi connectivity index (χ1n) is 8.24. The number of carbonyl (C=O) groups is 3. The topological polar surface area (TPSA) is 111 Å². The van der Waals surface area contributed by atoms with Gasteiger partial charge in [-0.1, -0.05) is 12.1 Å². The number of esters is 2. The summed E-state index contributed by atoms with van der Waals surface area (Å²) in [6.45, 7) is 4.37. The van der Waals surface area contributed by atoms with Gasteiger partial charge in [-0.05, 0) is 31.0 Å². The Labute approximate surface area is 146 Å². The summed E-state index contributed by atoms with van der Waals surface area (Å²) in [5.74, 6) is -1.17. The maximum absolute atomic E-state index is 12.0. The van der Waals surface area contributed by atoms with E-state index in [9.17, 15) is 14.4 Å². The first-order chi connectivity index (χ1) is 12.0. The second-order valence-electron chi connectivity index (χ2n) is 5.65. The van der Waals surface area contributed by atoms with Crippen LogP contribution in [-0.4, -0.2) is 61.8 Å². The van der Waals surface area contributed by atoms with Crippen LogP contribution in [0.4, 0.5) is 4.79 Å². The molecule has 0 saturated carbocycles. The van der Waals surface area contributed by atoms with E-state index < -0.39 is 24.1 Å². The van der Waals surface area contributed by atoms with Gasteiger partial charge >= 0.3 is 18.0 Å². The molecule has 1 aliphatic heterocycles. The molecule has 1 saturated heterocycles. The van der Waals surface area contributed by atoms with Crippen LogP contribution >= 0.6 is 0 Å². The van der Waals surface area contributed by atoms with Crippen molar-refractivity contribution in [3.8, 4) is 0 Å². The molecule has 0 radical (unpaired) electrons. The maximum Gasteiger partial charge on any atom is 0.417 e. The van der Waals surface area contributed by atoms with Gasteiger partial charge < -0.3 is 25.4 Å². The van der Waals surface area contributed by atoms with Gasteiger partial charge in [0.25, 0.3) is 0 Å². The first kappa shape index (κ1) is 18.9. The Balaban J connectivity index is 1.85. The van der Waals surface area contributed by atoms with Crippen molar-refractivity contribution in [3.63, 3.8) is 0 Å². The molecular weight excluding hydrogens is 326 g/mol. The van der Waals surface area contributed by atoms with Crippen molar-refractivity contribution in [3.05, 3.63) is 35.4 Å². The number of hydrogen-bond donors (Lipinski definition) is 2. The normalized spacial score (nSPS) is 15.4. The fourth-order valence-electron chi connectivity index (χ4n) is 2.40. The van der Waals surface area contributed by atoms with Gasteiger partial charge in [-0.3, -0.25) is 0 Å². The van der Waals surface area contributed by atoms with Crippen LogP contribution in [0.3, 0.4) is 0 Å². The highest BCUT2D eigenvalue weighted by Crippen LogP contribution is 2.09. The molecule has 0 bridgehead atoms. The van der Waals surface area contributed by atoms with E-state index in [1.54, 1.807) is 31.2 Å². The van der Waals surface area contributed by atoms with Gasteiger partial charge in [0.05, 0.1) is 12.2 Å². The summed E-state index contributed by atoms with van der Waals surface area (Å²) < 4.78 is 9.74. The molecule has 1 aromatic rings. The lowest BCUT2D eigenvalue weighted by molar-refractivity contribution is -0.139. The van der Waals surface area contributed by atoms with Gasteiger partial charge in [0.1, 0.15) is 6.04 Å². The highest BCUT2D eigenvalue weighted by Gasteiger charge is 2.24. The average molecular weight is 349 g/mol. The monoisotopic (exact) mass is 349 g/mol. The summed E-state index contributed by atoms with van der Waals surface area (Å²) in [6, 6.07) is 5.64. The van der Waals surface area contributed by atoms with Crippen molar-refractivity contribution in [2.45, 2.75) is 19.4 Å². The number of hydrogen-bond acceptors (Lipinski definition) is 7. The molecule has 0 spiro atoms. The summed E-state index contributed by atoms with van der Waals surface area (Å²) in [4.78, 5) is 36.9. The number of amides is 1. The fraction of sp³-hybridized carbons (Fsp3) is 0.471. The van der Waals surface area contributed by atoms with E-state index in [0.29, 0.717) is 38.3 Å². The highest BCUT2D eigenvalue weighted by molar-refractivity contribution is 5.89. The van der Waals surface area contributed by atoms with E-state index >= 15 is 0 Å². The molecule has 1 fully saturated rings. The fourth-order valence-corrected chi connectivity index (χ4v) is 2.40. The van der Waals surface area contributed by atoms with Crippen LogP contribution in [0.15, 0.2) is 24.3 Å². The number of carbonyl (C=O) groups excluding carboxylic acids is 3. The quantitative estimate of drug-likeness (QED) is 0.581. The highest BCUT2D eigenvalue weighted by atomic mass is 16.6. The molecule has 1 aromatic carbocycles. The van der Waals surface area contributed by atoms with Crippen molar-refractivity contribution >= 4 is 18.0 Å². The largest absolute Gasteiger partial charge is 0.462 e. The van der Waals surface area contributed by atoms with Crippen molar-refractivity contribution in [1.29, 1.82) is 0 Å². The van der Waals surface area contributed by atoms with Crippen molar-refractivity contribution in [2.24, 2.45) is 5.73 Å². The third-order valence-electron chi connectivity index (χ3n) is 3.79. The number of nitrogens with zero attached hydrogens (tertiary/aromatic N) is 1. The van der Waals surface area contributed by atoms with Gasteiger partial charge in [0, 0.05) is 26.2 Å². The van der Waals surface area contributed by atoms with Gasteiger partial charge in [-0.15, -0.1) is 0 Å². The van der Waals surface area contributed by atoms with E-state index in [4.69, 9.17) is 15.2 Å². The summed E-state index contributed by atoms with van der Waals surface area (Å²) in [5.41, 5.74) is 7.01. The zero-order chi connectivity index (χ0) is 18.2. The van der Waals surface area contributed by atoms with E-state index in [2.05, 4.69) is 5.32 Å². The lowest BCUT2D eigenvalue weighted by Crippen LogP contribution is -2.48. The smallest absolute Gasteiger partial charge is 0.417 e. The Hall–Kier alpha value is -2.45. The molecule has 25 heavy (non-hydrogen) atoms. The molecule has 8 heteroatoms. The molecular formula is C17H23N3O5. The predicted molar refractivity (Wildman–Crippen MR) is 90.0 cm³/mol. The molecule has 1 aliphatic rings. The Kier molecular flexibility index (Phi) is 6.91. The van der Waals surface area contributed by atoms with Crippen LogP contribution in [0.2, 0.25) is 0 Å². The van der Waals surface area contributed by atoms with Crippen LogP contribution in [0.5, 0.6) is 0 Å². The Morgan fingerprint density at radius 2 is 1.84 bits per heavy atom.